The second-order valence-corrected chi connectivity index (χ2v) is 8.95. The van der Waals surface area contributed by atoms with Crippen molar-refractivity contribution in [3.63, 3.8) is 0 Å². The van der Waals surface area contributed by atoms with Crippen LogP contribution in [0, 0.1) is 0 Å². The molecule has 2 nitrogen and oxygen atoms in total. The summed E-state index contributed by atoms with van der Waals surface area (Å²) in [7, 11) is -0.0985. The average Bonchev–Trinajstić information content (AvgIpc) is 2.44. The van der Waals surface area contributed by atoms with E-state index in [0.717, 1.165) is 0 Å². The van der Waals surface area contributed by atoms with Crippen LogP contribution in [0.2, 0.25) is 6.55 Å². The van der Waals surface area contributed by atoms with Gasteiger partial charge in [0.25, 0.3) is 0 Å². The summed E-state index contributed by atoms with van der Waals surface area (Å²) in [4.78, 5) is 0. The van der Waals surface area contributed by atoms with Gasteiger partial charge < -0.3 is 4.43 Å². The number of benzene rings is 1. The highest BCUT2D eigenvalue weighted by atomic mass is 35.6. The van der Waals surface area contributed by atoms with Gasteiger partial charge in [-0.05, 0) is 26.1 Å². The van der Waals surface area contributed by atoms with Crippen molar-refractivity contribution in [2.75, 3.05) is 7.05 Å². The largest absolute Gasteiger partial charge is 0.383 e. The topological polar surface area (TPSA) is 12.5 Å². The zero-order valence-electron chi connectivity index (χ0n) is 9.27. The summed E-state index contributed by atoms with van der Waals surface area (Å²) in [5.74, 6) is 0. The lowest BCUT2D eigenvalue weighted by Gasteiger charge is -2.22. The first-order valence-electron chi connectivity index (χ1n) is 5.17. The molecule has 0 radical (unpaired) electrons. The number of halogens is 1. The Morgan fingerprint density at radius 3 is 2.40 bits per heavy atom. The molecular formula is C11H16ClNOSi. The Balaban J connectivity index is 2.27. The summed E-state index contributed by atoms with van der Waals surface area (Å²) < 4.78 is 8.18. The lowest BCUT2D eigenvalue weighted by molar-refractivity contribution is 0.208. The van der Waals surface area contributed by atoms with Crippen LogP contribution in [-0.2, 0) is 4.43 Å². The molecule has 15 heavy (non-hydrogen) atoms. The smallest absolute Gasteiger partial charge is 0.370 e. The van der Waals surface area contributed by atoms with Gasteiger partial charge in [-0.1, -0.05) is 30.3 Å². The Hall–Kier alpha value is -0.353. The van der Waals surface area contributed by atoms with Gasteiger partial charge in [0.05, 0.1) is 6.10 Å². The number of hydrogen-bond donors (Lipinski definition) is 0. The molecule has 1 heterocycles. The third kappa shape index (κ3) is 1.97. The SMILES string of the molecule is C[C@H]1[C@H](c2ccccc2)O[Si@](C)(Cl)N1C. The van der Waals surface area contributed by atoms with Gasteiger partial charge in [0.15, 0.2) is 0 Å². The zero-order valence-corrected chi connectivity index (χ0v) is 11.0. The van der Waals surface area contributed by atoms with Crippen molar-refractivity contribution in [2.24, 2.45) is 0 Å². The minimum Gasteiger partial charge on any atom is -0.383 e. The van der Waals surface area contributed by atoms with Crippen molar-refractivity contribution in [2.45, 2.75) is 25.6 Å². The Morgan fingerprint density at radius 2 is 1.93 bits per heavy atom. The van der Waals surface area contributed by atoms with E-state index in [9.17, 15) is 0 Å². The molecule has 1 aliphatic rings. The van der Waals surface area contributed by atoms with Gasteiger partial charge >= 0.3 is 7.79 Å². The van der Waals surface area contributed by atoms with E-state index >= 15 is 0 Å². The first-order valence-corrected chi connectivity index (χ1v) is 8.54. The summed E-state index contributed by atoms with van der Waals surface area (Å²) in [6, 6.07) is 10.6. The van der Waals surface area contributed by atoms with E-state index in [0.29, 0.717) is 6.04 Å². The monoisotopic (exact) mass is 241 g/mol. The van der Waals surface area contributed by atoms with Crippen LogP contribution in [0.1, 0.15) is 18.6 Å². The van der Waals surface area contributed by atoms with Gasteiger partial charge in [-0.25, -0.2) is 0 Å². The molecule has 2 rings (SSSR count). The van der Waals surface area contributed by atoms with Crippen LogP contribution in [0.15, 0.2) is 30.3 Å². The standard InChI is InChI=1S/C11H16ClNOSi/c1-9-11(10-7-5-4-6-8-10)14-15(3,12)13(9)2/h4-9,11H,1-3H3/t9-,11+,15+/m0/s1. The molecule has 0 saturated carbocycles. The fourth-order valence-electron chi connectivity index (χ4n) is 1.97. The molecule has 0 bridgehead atoms. The van der Waals surface area contributed by atoms with Gasteiger partial charge in [-0.2, -0.15) is 0 Å². The highest BCUT2D eigenvalue weighted by Gasteiger charge is 2.48. The molecule has 1 saturated heterocycles. The van der Waals surface area contributed by atoms with Crippen molar-refractivity contribution in [3.05, 3.63) is 35.9 Å². The normalized spacial score (nSPS) is 37.1. The van der Waals surface area contributed by atoms with Crippen LogP contribution in [0.4, 0.5) is 0 Å². The van der Waals surface area contributed by atoms with Crippen molar-refractivity contribution >= 4 is 18.9 Å². The second-order valence-electron chi connectivity index (χ2n) is 4.17. The molecule has 0 N–H and O–H groups in total. The lowest BCUT2D eigenvalue weighted by atomic mass is 10.0. The molecule has 0 spiro atoms. The Labute approximate surface area is 96.7 Å². The van der Waals surface area contributed by atoms with Crippen molar-refractivity contribution in [1.82, 2.24) is 4.57 Å². The minimum absolute atomic E-state index is 0.116. The molecule has 1 aliphatic heterocycles. The predicted octanol–water partition coefficient (Wildman–Crippen LogP) is 2.89. The lowest BCUT2D eigenvalue weighted by Crippen LogP contribution is -2.42. The Morgan fingerprint density at radius 1 is 1.33 bits per heavy atom. The Bertz CT molecular complexity index is 344. The highest BCUT2D eigenvalue weighted by Crippen LogP contribution is 2.38. The number of nitrogens with zero attached hydrogens (tertiary/aromatic N) is 1. The molecule has 1 aromatic carbocycles. The maximum Gasteiger partial charge on any atom is 0.370 e. The molecule has 0 amide bonds. The van der Waals surface area contributed by atoms with E-state index in [1.165, 1.54) is 5.56 Å². The first-order chi connectivity index (χ1) is 7.02. The molecule has 0 aromatic heterocycles. The van der Waals surface area contributed by atoms with E-state index in [1.807, 2.05) is 31.8 Å². The number of likely N-dealkylation sites (N-methyl/N-ethyl adjacent to an activating group) is 1. The molecule has 4 heteroatoms. The van der Waals surface area contributed by atoms with Gasteiger partial charge in [-0.15, -0.1) is 11.1 Å². The first kappa shape index (κ1) is 11.1. The van der Waals surface area contributed by atoms with Gasteiger partial charge in [0.2, 0.25) is 0 Å². The van der Waals surface area contributed by atoms with E-state index < -0.39 is 7.79 Å². The van der Waals surface area contributed by atoms with Crippen LogP contribution >= 0.6 is 11.1 Å². The van der Waals surface area contributed by atoms with E-state index in [4.69, 9.17) is 15.5 Å². The number of hydrogen-bond acceptors (Lipinski definition) is 2. The van der Waals surface area contributed by atoms with Crippen LogP contribution < -0.4 is 0 Å². The molecular weight excluding hydrogens is 226 g/mol. The van der Waals surface area contributed by atoms with Crippen LogP contribution in [0.3, 0.4) is 0 Å². The van der Waals surface area contributed by atoms with Crippen molar-refractivity contribution < 1.29 is 4.43 Å². The summed E-state index contributed by atoms with van der Waals surface area (Å²) >= 11 is 6.40. The van der Waals surface area contributed by atoms with Crippen molar-refractivity contribution in [1.29, 1.82) is 0 Å². The highest BCUT2D eigenvalue weighted by molar-refractivity contribution is 7.14. The fraction of sp³-hybridized carbons (Fsp3) is 0.455. The summed E-state index contributed by atoms with van der Waals surface area (Å²) in [6.07, 6.45) is 0.116. The maximum atomic E-state index is 6.40. The molecule has 1 fully saturated rings. The Kier molecular flexibility index (Phi) is 2.90. The fourth-order valence-corrected chi connectivity index (χ4v) is 4.54. The molecule has 0 unspecified atom stereocenters. The maximum absolute atomic E-state index is 6.40. The quantitative estimate of drug-likeness (QED) is 0.554. The van der Waals surface area contributed by atoms with Crippen LogP contribution in [-0.4, -0.2) is 25.4 Å². The number of rotatable bonds is 1. The second kappa shape index (κ2) is 3.90. The predicted molar refractivity (Wildman–Crippen MR) is 65.0 cm³/mol. The summed E-state index contributed by atoms with van der Waals surface area (Å²) in [6.45, 7) is 4.19. The third-order valence-corrected chi connectivity index (χ3v) is 6.57. The van der Waals surface area contributed by atoms with Crippen LogP contribution in [0.5, 0.6) is 0 Å². The average molecular weight is 242 g/mol. The summed E-state index contributed by atoms with van der Waals surface area (Å²) in [5, 5.41) is 0. The van der Waals surface area contributed by atoms with Crippen LogP contribution in [0.25, 0.3) is 0 Å². The van der Waals surface area contributed by atoms with Gasteiger partial charge in [-0.3, -0.25) is 4.57 Å². The van der Waals surface area contributed by atoms with E-state index in [1.54, 1.807) is 0 Å². The van der Waals surface area contributed by atoms with Gasteiger partial charge in [0, 0.05) is 6.04 Å². The van der Waals surface area contributed by atoms with E-state index in [2.05, 4.69) is 23.6 Å². The molecule has 82 valence electrons. The third-order valence-electron chi connectivity index (χ3n) is 3.15. The zero-order chi connectivity index (χ0) is 11.1. The molecule has 0 aliphatic carbocycles. The van der Waals surface area contributed by atoms with Crippen molar-refractivity contribution in [3.8, 4) is 0 Å². The molecule has 1 aromatic rings. The minimum atomic E-state index is -2.15. The van der Waals surface area contributed by atoms with Gasteiger partial charge in [0.1, 0.15) is 0 Å². The molecule has 3 atom stereocenters. The van der Waals surface area contributed by atoms with E-state index in [-0.39, 0.29) is 6.10 Å². The summed E-state index contributed by atoms with van der Waals surface area (Å²) in [5.41, 5.74) is 1.22.